The average Bonchev–Trinajstić information content (AvgIpc) is 3.44. The Hall–Kier alpha value is -1.06. The first kappa shape index (κ1) is 26.0. The Morgan fingerprint density at radius 3 is 2.41 bits per heavy atom. The van der Waals surface area contributed by atoms with Crippen molar-refractivity contribution in [2.45, 2.75) is 59.2 Å². The minimum absolute atomic E-state index is 0. The van der Waals surface area contributed by atoms with Gasteiger partial charge in [0.2, 0.25) is 0 Å². The molecule has 0 aliphatic heterocycles. The number of guanidine groups is 1. The standard InChI is InChI=1S/C22H37N3O3.HI/c1-5-23-21(25-16-22(11-12-22)13-14-27-6-2)24-15-20(26)18-7-9-19(10-8-18)28-17(3)4;/h7-10,17,20,26H,5-6,11-16H2,1-4H3,(H2,23,24,25);1H. The van der Waals surface area contributed by atoms with Gasteiger partial charge in [-0.25, -0.2) is 0 Å². The number of hydrogen-bond acceptors (Lipinski definition) is 4. The summed E-state index contributed by atoms with van der Waals surface area (Å²) in [5.74, 6) is 1.57. The third-order valence-electron chi connectivity index (χ3n) is 4.95. The first-order valence-electron chi connectivity index (χ1n) is 10.5. The highest BCUT2D eigenvalue weighted by atomic mass is 127. The normalized spacial score (nSPS) is 16.1. The zero-order chi connectivity index (χ0) is 20.4. The minimum Gasteiger partial charge on any atom is -0.491 e. The summed E-state index contributed by atoms with van der Waals surface area (Å²) in [6, 6.07) is 7.60. The van der Waals surface area contributed by atoms with Crippen LogP contribution >= 0.6 is 24.0 Å². The molecule has 6 nitrogen and oxygen atoms in total. The molecule has 0 aromatic heterocycles. The van der Waals surface area contributed by atoms with Gasteiger partial charge in [0, 0.05) is 32.8 Å². The van der Waals surface area contributed by atoms with Gasteiger partial charge in [0.05, 0.1) is 12.2 Å². The lowest BCUT2D eigenvalue weighted by molar-refractivity contribution is 0.129. The van der Waals surface area contributed by atoms with Crippen LogP contribution in [0.25, 0.3) is 0 Å². The minimum atomic E-state index is -0.607. The van der Waals surface area contributed by atoms with E-state index in [4.69, 9.17) is 14.5 Å². The van der Waals surface area contributed by atoms with Gasteiger partial charge in [-0.1, -0.05) is 12.1 Å². The molecule has 3 N–H and O–H groups in total. The van der Waals surface area contributed by atoms with E-state index in [9.17, 15) is 5.11 Å². The fourth-order valence-electron chi connectivity index (χ4n) is 3.04. The van der Waals surface area contributed by atoms with Crippen molar-refractivity contribution in [1.29, 1.82) is 0 Å². The molecule has 1 atom stereocenters. The van der Waals surface area contributed by atoms with E-state index in [1.807, 2.05) is 52.0 Å². The molecule has 0 bridgehead atoms. The summed E-state index contributed by atoms with van der Waals surface area (Å²) in [6.45, 7) is 11.6. The second-order valence-electron chi connectivity index (χ2n) is 7.77. The number of nitrogens with zero attached hydrogens (tertiary/aromatic N) is 1. The molecule has 7 heteroatoms. The van der Waals surface area contributed by atoms with Gasteiger partial charge < -0.3 is 25.2 Å². The highest BCUT2D eigenvalue weighted by molar-refractivity contribution is 14.0. The summed E-state index contributed by atoms with van der Waals surface area (Å²) in [5.41, 5.74) is 1.16. The van der Waals surface area contributed by atoms with Crippen molar-refractivity contribution in [2.24, 2.45) is 10.4 Å². The number of nitrogens with one attached hydrogen (secondary N) is 2. The summed E-state index contributed by atoms with van der Waals surface area (Å²) in [4.78, 5) is 4.75. The van der Waals surface area contributed by atoms with E-state index in [-0.39, 0.29) is 30.1 Å². The molecule has 0 spiro atoms. The van der Waals surface area contributed by atoms with Crippen LogP contribution in [0.5, 0.6) is 5.75 Å². The smallest absolute Gasteiger partial charge is 0.191 e. The molecule has 1 aliphatic carbocycles. The Bertz CT molecular complexity index is 604. The molecule has 166 valence electrons. The summed E-state index contributed by atoms with van der Waals surface area (Å²) in [7, 11) is 0. The van der Waals surface area contributed by atoms with Crippen molar-refractivity contribution in [1.82, 2.24) is 10.6 Å². The number of hydrogen-bond donors (Lipinski definition) is 3. The SMILES string of the molecule is CCNC(=NCC1(CCOCC)CC1)NCC(O)c1ccc(OC(C)C)cc1.I. The van der Waals surface area contributed by atoms with E-state index < -0.39 is 6.10 Å². The molecule has 0 amide bonds. The van der Waals surface area contributed by atoms with Gasteiger partial charge in [-0.3, -0.25) is 4.99 Å². The molecule has 0 saturated heterocycles. The zero-order valence-corrected chi connectivity index (χ0v) is 20.6. The molecule has 0 heterocycles. The third-order valence-corrected chi connectivity index (χ3v) is 4.95. The van der Waals surface area contributed by atoms with Crippen LogP contribution in [-0.4, -0.2) is 50.0 Å². The van der Waals surface area contributed by atoms with Crippen LogP contribution < -0.4 is 15.4 Å². The zero-order valence-electron chi connectivity index (χ0n) is 18.2. The van der Waals surface area contributed by atoms with Crippen molar-refractivity contribution in [3.8, 4) is 5.75 Å². The number of benzene rings is 1. The van der Waals surface area contributed by atoms with Crippen LogP contribution in [0.1, 0.15) is 58.6 Å². The number of aliphatic imine (C=N–C) groups is 1. The van der Waals surface area contributed by atoms with Crippen LogP contribution in [-0.2, 0) is 4.74 Å². The van der Waals surface area contributed by atoms with Crippen LogP contribution in [0.3, 0.4) is 0 Å². The average molecular weight is 519 g/mol. The number of halogens is 1. The van der Waals surface area contributed by atoms with Crippen LogP contribution in [0.2, 0.25) is 0 Å². The fraction of sp³-hybridized carbons (Fsp3) is 0.682. The lowest BCUT2D eigenvalue weighted by atomic mass is 10.0. The maximum atomic E-state index is 10.5. The van der Waals surface area contributed by atoms with Crippen molar-refractivity contribution >= 4 is 29.9 Å². The van der Waals surface area contributed by atoms with Gasteiger partial charge in [0.25, 0.3) is 0 Å². The molecule has 1 fully saturated rings. The summed E-state index contributed by atoms with van der Waals surface area (Å²) in [6.07, 6.45) is 3.04. The Labute approximate surface area is 192 Å². The lowest BCUT2D eigenvalue weighted by Gasteiger charge is -2.18. The predicted molar refractivity (Wildman–Crippen MR) is 129 cm³/mol. The molecule has 1 unspecified atom stereocenters. The van der Waals surface area contributed by atoms with Gasteiger partial charge in [-0.2, -0.15) is 0 Å². The van der Waals surface area contributed by atoms with Crippen LogP contribution in [0.4, 0.5) is 0 Å². The second-order valence-corrected chi connectivity index (χ2v) is 7.77. The quantitative estimate of drug-likeness (QED) is 0.169. The predicted octanol–water partition coefficient (Wildman–Crippen LogP) is 3.89. The monoisotopic (exact) mass is 519 g/mol. The summed E-state index contributed by atoms with van der Waals surface area (Å²) < 4.78 is 11.1. The molecular weight excluding hydrogens is 481 g/mol. The Morgan fingerprint density at radius 1 is 1.17 bits per heavy atom. The maximum absolute atomic E-state index is 10.5. The topological polar surface area (TPSA) is 75.1 Å². The van der Waals surface area contributed by atoms with Crippen LogP contribution in [0.15, 0.2) is 29.3 Å². The molecule has 1 saturated carbocycles. The van der Waals surface area contributed by atoms with E-state index in [2.05, 4.69) is 10.6 Å². The lowest BCUT2D eigenvalue weighted by Crippen LogP contribution is -2.39. The second kappa shape index (κ2) is 13.3. The van der Waals surface area contributed by atoms with Gasteiger partial charge in [-0.15, -0.1) is 24.0 Å². The summed E-state index contributed by atoms with van der Waals surface area (Å²) >= 11 is 0. The fourth-order valence-corrected chi connectivity index (χ4v) is 3.04. The van der Waals surface area contributed by atoms with Crippen molar-refractivity contribution in [3.63, 3.8) is 0 Å². The number of ether oxygens (including phenoxy) is 2. The molecule has 1 aliphatic rings. The van der Waals surface area contributed by atoms with E-state index in [0.717, 1.165) is 50.0 Å². The molecule has 1 aromatic rings. The Kier molecular flexibility index (Phi) is 11.9. The van der Waals surface area contributed by atoms with Gasteiger partial charge in [-0.05, 0) is 70.1 Å². The number of aliphatic hydroxyl groups is 1. The Morgan fingerprint density at radius 2 is 1.86 bits per heavy atom. The van der Waals surface area contributed by atoms with Gasteiger partial charge in [0.1, 0.15) is 5.75 Å². The van der Waals surface area contributed by atoms with E-state index in [1.54, 1.807) is 0 Å². The van der Waals surface area contributed by atoms with E-state index in [0.29, 0.717) is 12.0 Å². The number of rotatable bonds is 12. The highest BCUT2D eigenvalue weighted by Gasteiger charge is 2.41. The van der Waals surface area contributed by atoms with Gasteiger partial charge in [0.15, 0.2) is 5.96 Å². The first-order valence-corrected chi connectivity index (χ1v) is 10.5. The van der Waals surface area contributed by atoms with Crippen molar-refractivity contribution < 1.29 is 14.6 Å². The van der Waals surface area contributed by atoms with E-state index >= 15 is 0 Å². The van der Waals surface area contributed by atoms with E-state index in [1.165, 1.54) is 12.8 Å². The van der Waals surface area contributed by atoms with Crippen LogP contribution in [0, 0.1) is 5.41 Å². The molecule has 29 heavy (non-hydrogen) atoms. The highest BCUT2D eigenvalue weighted by Crippen LogP contribution is 2.49. The largest absolute Gasteiger partial charge is 0.491 e. The molecule has 1 aromatic carbocycles. The first-order chi connectivity index (χ1) is 13.5. The molecular formula is C22H38IN3O3. The number of aliphatic hydroxyl groups excluding tert-OH is 1. The summed E-state index contributed by atoms with van der Waals surface area (Å²) in [5, 5.41) is 17.0. The third kappa shape index (κ3) is 9.53. The molecule has 2 rings (SSSR count). The molecule has 0 radical (unpaired) electrons. The van der Waals surface area contributed by atoms with Crippen molar-refractivity contribution in [3.05, 3.63) is 29.8 Å². The van der Waals surface area contributed by atoms with Gasteiger partial charge >= 0.3 is 0 Å². The maximum Gasteiger partial charge on any atom is 0.191 e. The Balaban J connectivity index is 0.00000420. The van der Waals surface area contributed by atoms with Crippen molar-refractivity contribution in [2.75, 3.05) is 32.8 Å².